The van der Waals surface area contributed by atoms with Gasteiger partial charge >= 0.3 is 0 Å². The molecule has 0 unspecified atom stereocenters. The molecular formula is C25H22N2O3S. The van der Waals surface area contributed by atoms with E-state index in [9.17, 15) is 13.2 Å². The predicted octanol–water partition coefficient (Wildman–Crippen LogP) is 5.51. The van der Waals surface area contributed by atoms with E-state index in [0.717, 1.165) is 21.9 Å². The number of rotatable bonds is 5. The highest BCUT2D eigenvalue weighted by Crippen LogP contribution is 2.26. The molecule has 0 aliphatic carbocycles. The number of amides is 1. The van der Waals surface area contributed by atoms with Crippen LogP contribution in [0.15, 0.2) is 89.8 Å². The molecule has 6 heteroatoms. The van der Waals surface area contributed by atoms with Crippen molar-refractivity contribution in [1.82, 2.24) is 0 Å². The van der Waals surface area contributed by atoms with Gasteiger partial charge < -0.3 is 5.32 Å². The maximum absolute atomic E-state index is 12.9. The third kappa shape index (κ3) is 4.44. The summed E-state index contributed by atoms with van der Waals surface area (Å²) < 4.78 is 28.4. The standard InChI is InChI=1S/C25H22N2O3S/c1-17-10-11-18(2)23(16-17)25(28)26-20-12-14-21(15-13-20)31(29,30)27-24-9-5-7-19-6-3-4-8-22(19)24/h3-16,27H,1-2H3,(H,26,28). The number of benzene rings is 4. The first-order valence-electron chi connectivity index (χ1n) is 9.83. The summed E-state index contributed by atoms with van der Waals surface area (Å²) in [4.78, 5) is 12.7. The lowest BCUT2D eigenvalue weighted by Crippen LogP contribution is -2.15. The van der Waals surface area contributed by atoms with E-state index in [1.165, 1.54) is 12.1 Å². The smallest absolute Gasteiger partial charge is 0.261 e. The van der Waals surface area contributed by atoms with Crippen LogP contribution in [0.5, 0.6) is 0 Å². The van der Waals surface area contributed by atoms with Crippen molar-refractivity contribution in [3.63, 3.8) is 0 Å². The summed E-state index contributed by atoms with van der Waals surface area (Å²) in [5.74, 6) is -0.231. The Morgan fingerprint density at radius 1 is 0.806 bits per heavy atom. The molecule has 0 heterocycles. The first-order chi connectivity index (χ1) is 14.8. The van der Waals surface area contributed by atoms with Crippen molar-refractivity contribution in [3.8, 4) is 0 Å². The Labute approximate surface area is 181 Å². The quantitative estimate of drug-likeness (QED) is 0.438. The lowest BCUT2D eigenvalue weighted by molar-refractivity contribution is 0.102. The van der Waals surface area contributed by atoms with Crippen LogP contribution in [0.3, 0.4) is 0 Å². The Morgan fingerprint density at radius 2 is 1.52 bits per heavy atom. The Morgan fingerprint density at radius 3 is 2.29 bits per heavy atom. The Balaban J connectivity index is 1.54. The van der Waals surface area contributed by atoms with Gasteiger partial charge in [0.05, 0.1) is 10.6 Å². The molecule has 0 aliphatic rings. The molecule has 0 bridgehead atoms. The SMILES string of the molecule is Cc1ccc(C)c(C(=O)Nc2ccc(S(=O)(=O)Nc3cccc4ccccc34)cc2)c1. The van der Waals surface area contributed by atoms with Gasteiger partial charge in [-0.15, -0.1) is 0 Å². The van der Waals surface area contributed by atoms with Gasteiger partial charge in [0.25, 0.3) is 15.9 Å². The van der Waals surface area contributed by atoms with Crippen LogP contribution >= 0.6 is 0 Å². The van der Waals surface area contributed by atoms with Crippen molar-refractivity contribution in [1.29, 1.82) is 0 Å². The summed E-state index contributed by atoms with van der Waals surface area (Å²) in [5.41, 5.74) is 3.51. The number of anilines is 2. The molecule has 4 aromatic carbocycles. The highest BCUT2D eigenvalue weighted by atomic mass is 32.2. The lowest BCUT2D eigenvalue weighted by atomic mass is 10.1. The Kier molecular flexibility index (Phi) is 5.48. The number of sulfonamides is 1. The van der Waals surface area contributed by atoms with E-state index in [1.807, 2.05) is 68.4 Å². The molecule has 0 fully saturated rings. The van der Waals surface area contributed by atoms with Crippen molar-refractivity contribution in [2.45, 2.75) is 18.7 Å². The highest BCUT2D eigenvalue weighted by molar-refractivity contribution is 7.92. The highest BCUT2D eigenvalue weighted by Gasteiger charge is 2.16. The van der Waals surface area contributed by atoms with Crippen LogP contribution < -0.4 is 10.0 Å². The number of aryl methyl sites for hydroxylation is 2. The van der Waals surface area contributed by atoms with Gasteiger partial charge in [-0.05, 0) is 61.2 Å². The van der Waals surface area contributed by atoms with E-state index in [2.05, 4.69) is 10.0 Å². The van der Waals surface area contributed by atoms with Crippen LogP contribution in [0.2, 0.25) is 0 Å². The fourth-order valence-electron chi connectivity index (χ4n) is 3.41. The van der Waals surface area contributed by atoms with Crippen LogP contribution in [0, 0.1) is 13.8 Å². The summed E-state index contributed by atoms with van der Waals surface area (Å²) in [6, 6.07) is 24.9. The van der Waals surface area contributed by atoms with Crippen LogP contribution in [0.1, 0.15) is 21.5 Å². The average molecular weight is 431 g/mol. The van der Waals surface area contributed by atoms with Crippen LogP contribution in [-0.2, 0) is 10.0 Å². The molecule has 1 amide bonds. The number of carbonyl (C=O) groups excluding carboxylic acids is 1. The molecule has 0 atom stereocenters. The number of carbonyl (C=O) groups is 1. The topological polar surface area (TPSA) is 75.3 Å². The van der Waals surface area contributed by atoms with Gasteiger partial charge in [0.1, 0.15) is 0 Å². The number of hydrogen-bond acceptors (Lipinski definition) is 3. The minimum absolute atomic E-state index is 0.116. The number of fused-ring (bicyclic) bond motifs is 1. The van der Waals surface area contributed by atoms with Gasteiger partial charge in [0.15, 0.2) is 0 Å². The minimum Gasteiger partial charge on any atom is -0.322 e. The third-order valence-corrected chi connectivity index (χ3v) is 6.48. The molecule has 2 N–H and O–H groups in total. The minimum atomic E-state index is -3.78. The van der Waals surface area contributed by atoms with Gasteiger partial charge in [-0.3, -0.25) is 9.52 Å². The van der Waals surface area contributed by atoms with E-state index >= 15 is 0 Å². The van der Waals surface area contributed by atoms with Crippen molar-refractivity contribution < 1.29 is 13.2 Å². The van der Waals surface area contributed by atoms with Crippen molar-refractivity contribution >= 4 is 38.1 Å². The summed E-state index contributed by atoms with van der Waals surface area (Å²) >= 11 is 0. The van der Waals surface area contributed by atoms with E-state index in [-0.39, 0.29) is 10.8 Å². The fraction of sp³-hybridized carbons (Fsp3) is 0.0800. The molecule has 4 aromatic rings. The number of hydrogen-bond donors (Lipinski definition) is 2. The zero-order chi connectivity index (χ0) is 22.0. The summed E-state index contributed by atoms with van der Waals surface area (Å²) in [6.07, 6.45) is 0. The van der Waals surface area contributed by atoms with Crippen molar-refractivity contribution in [2.24, 2.45) is 0 Å². The monoisotopic (exact) mass is 430 g/mol. The normalized spacial score (nSPS) is 11.3. The second-order valence-electron chi connectivity index (χ2n) is 7.43. The molecule has 0 saturated carbocycles. The maximum Gasteiger partial charge on any atom is 0.261 e. The second-order valence-corrected chi connectivity index (χ2v) is 9.11. The molecular weight excluding hydrogens is 408 g/mol. The average Bonchev–Trinajstić information content (AvgIpc) is 2.76. The zero-order valence-corrected chi connectivity index (χ0v) is 18.0. The molecule has 0 radical (unpaired) electrons. The van der Waals surface area contributed by atoms with Gasteiger partial charge in [-0.1, -0.05) is 54.1 Å². The molecule has 31 heavy (non-hydrogen) atoms. The van der Waals surface area contributed by atoms with Gasteiger partial charge in [0.2, 0.25) is 0 Å². The van der Waals surface area contributed by atoms with E-state index in [4.69, 9.17) is 0 Å². The van der Waals surface area contributed by atoms with Crippen molar-refractivity contribution in [3.05, 3.63) is 102 Å². The number of nitrogens with one attached hydrogen (secondary N) is 2. The Hall–Kier alpha value is -3.64. The van der Waals surface area contributed by atoms with Gasteiger partial charge in [-0.25, -0.2) is 8.42 Å². The van der Waals surface area contributed by atoms with Gasteiger partial charge in [0, 0.05) is 16.6 Å². The third-order valence-electron chi connectivity index (χ3n) is 5.09. The largest absolute Gasteiger partial charge is 0.322 e. The van der Waals surface area contributed by atoms with Crippen LogP contribution in [0.4, 0.5) is 11.4 Å². The van der Waals surface area contributed by atoms with Crippen LogP contribution in [0.25, 0.3) is 10.8 Å². The molecule has 4 rings (SSSR count). The first kappa shape index (κ1) is 20.6. The van der Waals surface area contributed by atoms with E-state index in [1.54, 1.807) is 18.2 Å². The molecule has 0 spiro atoms. The molecule has 0 aromatic heterocycles. The predicted molar refractivity (Wildman–Crippen MR) is 125 cm³/mol. The lowest BCUT2D eigenvalue weighted by Gasteiger charge is -2.12. The van der Waals surface area contributed by atoms with Crippen molar-refractivity contribution in [2.75, 3.05) is 10.0 Å². The summed E-state index contributed by atoms with van der Waals surface area (Å²) in [5, 5.41) is 4.60. The first-order valence-corrected chi connectivity index (χ1v) is 11.3. The zero-order valence-electron chi connectivity index (χ0n) is 17.2. The van der Waals surface area contributed by atoms with E-state index in [0.29, 0.717) is 16.9 Å². The molecule has 5 nitrogen and oxygen atoms in total. The second kappa shape index (κ2) is 8.24. The Bertz CT molecular complexity index is 1370. The van der Waals surface area contributed by atoms with Gasteiger partial charge in [-0.2, -0.15) is 0 Å². The fourth-order valence-corrected chi connectivity index (χ4v) is 4.49. The molecule has 0 aliphatic heterocycles. The summed E-state index contributed by atoms with van der Waals surface area (Å²) in [6.45, 7) is 3.81. The van der Waals surface area contributed by atoms with Crippen LogP contribution in [-0.4, -0.2) is 14.3 Å². The molecule has 0 saturated heterocycles. The molecule has 156 valence electrons. The summed E-state index contributed by atoms with van der Waals surface area (Å²) in [7, 11) is -3.78. The van der Waals surface area contributed by atoms with E-state index < -0.39 is 10.0 Å². The maximum atomic E-state index is 12.9.